The lowest BCUT2D eigenvalue weighted by atomic mass is 10.1. The Bertz CT molecular complexity index is 593. The maximum Gasteiger partial charge on any atom is 0.222 e. The first kappa shape index (κ1) is 17.7. The number of likely N-dealkylation sites (tertiary alicyclic amines) is 1. The molecule has 1 atom stereocenters. The van der Waals surface area contributed by atoms with Crippen molar-refractivity contribution in [2.45, 2.75) is 32.4 Å². The quantitative estimate of drug-likeness (QED) is 0.618. The largest absolute Gasteiger partial charge is 0.357 e. The van der Waals surface area contributed by atoms with Gasteiger partial charge in [-0.2, -0.15) is 0 Å². The molecule has 0 bridgehead atoms. The molecule has 1 aliphatic rings. The van der Waals surface area contributed by atoms with E-state index in [-0.39, 0.29) is 17.8 Å². The van der Waals surface area contributed by atoms with Crippen LogP contribution in [0.4, 0.5) is 4.39 Å². The fraction of sp³-hybridized carbons (Fsp3) is 0.500. The van der Waals surface area contributed by atoms with Crippen molar-refractivity contribution < 1.29 is 9.18 Å². The number of benzene rings is 1. The second-order valence-electron chi connectivity index (χ2n) is 5.60. The highest BCUT2D eigenvalue weighted by Crippen LogP contribution is 2.17. The average molecular weight is 385 g/mol. The van der Waals surface area contributed by atoms with Crippen LogP contribution < -0.4 is 10.6 Å². The monoisotopic (exact) mass is 384 g/mol. The summed E-state index contributed by atoms with van der Waals surface area (Å²) in [4.78, 5) is 17.8. The zero-order valence-corrected chi connectivity index (χ0v) is 15.0. The number of amides is 1. The molecule has 0 aromatic heterocycles. The van der Waals surface area contributed by atoms with Crippen molar-refractivity contribution in [2.24, 2.45) is 4.99 Å². The Balaban J connectivity index is 1.99. The molecule has 1 aliphatic heterocycles. The van der Waals surface area contributed by atoms with Crippen molar-refractivity contribution in [3.05, 3.63) is 34.1 Å². The van der Waals surface area contributed by atoms with Gasteiger partial charge >= 0.3 is 0 Å². The third-order valence-corrected chi connectivity index (χ3v) is 4.36. The van der Waals surface area contributed by atoms with Crippen molar-refractivity contribution in [3.63, 3.8) is 0 Å². The first-order valence-electron chi connectivity index (χ1n) is 7.72. The Morgan fingerprint density at radius 2 is 2.30 bits per heavy atom. The lowest BCUT2D eigenvalue weighted by Gasteiger charge is -2.31. The molecule has 23 heavy (non-hydrogen) atoms. The summed E-state index contributed by atoms with van der Waals surface area (Å²) in [5, 5.41) is 6.53. The molecule has 126 valence electrons. The van der Waals surface area contributed by atoms with E-state index in [9.17, 15) is 9.18 Å². The van der Waals surface area contributed by atoms with Crippen molar-refractivity contribution in [1.82, 2.24) is 15.5 Å². The van der Waals surface area contributed by atoms with E-state index in [1.807, 2.05) is 20.0 Å². The molecular weight excluding hydrogens is 363 g/mol. The number of halogens is 2. The summed E-state index contributed by atoms with van der Waals surface area (Å²) in [6.07, 6.45) is 1.34. The van der Waals surface area contributed by atoms with Gasteiger partial charge in [0.05, 0.1) is 11.0 Å². The molecule has 1 unspecified atom stereocenters. The number of nitrogens with one attached hydrogen (secondary N) is 2. The molecule has 1 fully saturated rings. The van der Waals surface area contributed by atoms with Crippen LogP contribution in [0.3, 0.4) is 0 Å². The first-order valence-corrected chi connectivity index (χ1v) is 8.51. The molecule has 0 aliphatic carbocycles. The van der Waals surface area contributed by atoms with Crippen LogP contribution in [0, 0.1) is 5.82 Å². The standard InChI is InChI=1S/C16H22BrFN4O/c1-3-19-16(21-12-5-7-15(23)22(2)10-12)20-9-11-4-6-13(17)14(18)8-11/h4,6,8,12H,3,5,7,9-10H2,1-2H3,(H2,19,20,21). The Morgan fingerprint density at radius 1 is 1.52 bits per heavy atom. The summed E-state index contributed by atoms with van der Waals surface area (Å²) in [6, 6.07) is 5.18. The fourth-order valence-electron chi connectivity index (χ4n) is 2.45. The molecule has 5 nitrogen and oxygen atoms in total. The molecule has 1 saturated heterocycles. The minimum Gasteiger partial charge on any atom is -0.357 e. The van der Waals surface area contributed by atoms with Gasteiger partial charge in [-0.3, -0.25) is 4.79 Å². The molecule has 1 amide bonds. The molecule has 1 aromatic carbocycles. The van der Waals surface area contributed by atoms with Crippen LogP contribution in [-0.4, -0.2) is 42.9 Å². The predicted molar refractivity (Wildman–Crippen MR) is 92.7 cm³/mol. The van der Waals surface area contributed by atoms with Gasteiger partial charge in [-0.15, -0.1) is 0 Å². The second kappa shape index (κ2) is 8.29. The summed E-state index contributed by atoms with van der Waals surface area (Å²) in [5.74, 6) is 0.571. The van der Waals surface area contributed by atoms with Crippen molar-refractivity contribution in [2.75, 3.05) is 20.1 Å². The summed E-state index contributed by atoms with van der Waals surface area (Å²) in [5.41, 5.74) is 0.804. The maximum atomic E-state index is 13.5. The molecule has 1 aromatic rings. The molecule has 0 spiro atoms. The SMILES string of the molecule is CCNC(=NCc1ccc(Br)c(F)c1)NC1CCC(=O)N(C)C1. The summed E-state index contributed by atoms with van der Waals surface area (Å²) >= 11 is 3.14. The minimum atomic E-state index is -0.289. The molecule has 1 heterocycles. The number of carbonyl (C=O) groups excluding carboxylic acids is 1. The van der Waals surface area contributed by atoms with Gasteiger partial charge < -0.3 is 15.5 Å². The lowest BCUT2D eigenvalue weighted by molar-refractivity contribution is -0.132. The third kappa shape index (κ3) is 5.20. The van der Waals surface area contributed by atoms with Gasteiger partial charge in [0, 0.05) is 32.6 Å². The van der Waals surface area contributed by atoms with E-state index in [1.54, 1.807) is 11.0 Å². The topological polar surface area (TPSA) is 56.7 Å². The smallest absolute Gasteiger partial charge is 0.222 e. The van der Waals surface area contributed by atoms with E-state index in [2.05, 4.69) is 31.6 Å². The Kier molecular flexibility index (Phi) is 6.38. The molecule has 7 heteroatoms. The highest BCUT2D eigenvalue weighted by molar-refractivity contribution is 9.10. The first-order chi connectivity index (χ1) is 11.0. The highest BCUT2D eigenvalue weighted by atomic mass is 79.9. The predicted octanol–water partition coefficient (Wildman–Crippen LogP) is 2.26. The van der Waals surface area contributed by atoms with E-state index in [1.165, 1.54) is 6.07 Å². The highest BCUT2D eigenvalue weighted by Gasteiger charge is 2.23. The van der Waals surface area contributed by atoms with Crippen LogP contribution in [0.1, 0.15) is 25.3 Å². The number of carbonyl (C=O) groups is 1. The lowest BCUT2D eigenvalue weighted by Crippen LogP contribution is -2.51. The average Bonchev–Trinajstić information content (AvgIpc) is 2.52. The van der Waals surface area contributed by atoms with Crippen molar-refractivity contribution in [1.29, 1.82) is 0 Å². The zero-order valence-electron chi connectivity index (χ0n) is 13.4. The number of guanidine groups is 1. The maximum absolute atomic E-state index is 13.5. The normalized spacial score (nSPS) is 19.0. The van der Waals surface area contributed by atoms with Crippen LogP contribution in [0.25, 0.3) is 0 Å². The van der Waals surface area contributed by atoms with Crippen molar-refractivity contribution >= 4 is 27.8 Å². The number of hydrogen-bond donors (Lipinski definition) is 2. The van der Waals surface area contributed by atoms with Crippen LogP contribution in [-0.2, 0) is 11.3 Å². The van der Waals surface area contributed by atoms with Gasteiger partial charge in [-0.25, -0.2) is 9.38 Å². The van der Waals surface area contributed by atoms with Gasteiger partial charge in [-0.1, -0.05) is 6.07 Å². The van der Waals surface area contributed by atoms with Gasteiger partial charge in [0.25, 0.3) is 0 Å². The summed E-state index contributed by atoms with van der Waals surface area (Å²) < 4.78 is 14.0. The number of rotatable bonds is 4. The van der Waals surface area contributed by atoms with Crippen LogP contribution in [0.2, 0.25) is 0 Å². The van der Waals surface area contributed by atoms with Gasteiger partial charge in [0.1, 0.15) is 5.82 Å². The Hall–Kier alpha value is -1.63. The zero-order chi connectivity index (χ0) is 16.8. The van der Waals surface area contributed by atoms with E-state index >= 15 is 0 Å². The van der Waals surface area contributed by atoms with Gasteiger partial charge in [0.15, 0.2) is 5.96 Å². The second-order valence-corrected chi connectivity index (χ2v) is 6.45. The number of hydrogen-bond acceptors (Lipinski definition) is 2. The summed E-state index contributed by atoms with van der Waals surface area (Å²) in [6.45, 7) is 3.78. The molecule has 2 N–H and O–H groups in total. The van der Waals surface area contributed by atoms with Crippen molar-refractivity contribution in [3.8, 4) is 0 Å². The van der Waals surface area contributed by atoms with Crippen LogP contribution in [0.5, 0.6) is 0 Å². The Labute approximate surface area is 144 Å². The number of piperidine rings is 1. The Morgan fingerprint density at radius 3 is 2.96 bits per heavy atom. The minimum absolute atomic E-state index is 0.176. The fourth-order valence-corrected chi connectivity index (χ4v) is 2.70. The van der Waals surface area contributed by atoms with Crippen LogP contribution in [0.15, 0.2) is 27.7 Å². The number of nitrogens with zero attached hydrogens (tertiary/aromatic N) is 2. The number of aliphatic imine (C=N–C) groups is 1. The van der Waals surface area contributed by atoms with E-state index < -0.39 is 0 Å². The molecule has 0 saturated carbocycles. The molecular formula is C16H22BrFN4O. The van der Waals surface area contributed by atoms with Crippen LogP contribution >= 0.6 is 15.9 Å². The van der Waals surface area contributed by atoms with E-state index in [0.29, 0.717) is 29.9 Å². The van der Waals surface area contributed by atoms with E-state index in [4.69, 9.17) is 0 Å². The molecule has 2 rings (SSSR count). The van der Waals surface area contributed by atoms with Gasteiger partial charge in [0.2, 0.25) is 5.91 Å². The number of likely N-dealkylation sites (N-methyl/N-ethyl adjacent to an activating group) is 1. The molecule has 0 radical (unpaired) electrons. The van der Waals surface area contributed by atoms with Gasteiger partial charge in [-0.05, 0) is 47.0 Å². The van der Waals surface area contributed by atoms with E-state index in [0.717, 1.165) is 18.5 Å². The summed E-state index contributed by atoms with van der Waals surface area (Å²) in [7, 11) is 1.81. The third-order valence-electron chi connectivity index (χ3n) is 3.72.